The fourth-order valence-corrected chi connectivity index (χ4v) is 4.09. The molecular weight excluding hydrogens is 412 g/mol. The Hall–Kier alpha value is -3.77. The van der Waals surface area contributed by atoms with Crippen LogP contribution >= 0.6 is 0 Å². The van der Waals surface area contributed by atoms with Crippen LogP contribution in [0.4, 0.5) is 11.5 Å². The molecule has 1 amide bonds. The molecule has 1 fully saturated rings. The summed E-state index contributed by atoms with van der Waals surface area (Å²) in [4.78, 5) is 24.0. The topological polar surface area (TPSA) is 67.4 Å². The first kappa shape index (κ1) is 21.1. The summed E-state index contributed by atoms with van der Waals surface area (Å²) in [5.74, 6) is 0.853. The van der Waals surface area contributed by atoms with E-state index in [9.17, 15) is 4.79 Å². The minimum atomic E-state index is -0.0279. The standard InChI is InChI=1S/C27H26N4O2/c1-19-18-31(13-14-33-19)26-17-28-24-12-9-22(16-25(24)30-26)21-7-10-23(11-8-21)29-27(32)15-20-5-3-2-4-6-20/h2-12,16-17,19H,13-15,18H2,1H3,(H,29,32). The SMILES string of the molecule is CC1CN(c2cnc3ccc(-c4ccc(NC(=O)Cc5ccccc5)cc4)cc3n2)CCO1. The number of carbonyl (C=O) groups is 1. The van der Waals surface area contributed by atoms with Crippen LogP contribution in [0.2, 0.25) is 0 Å². The number of carbonyl (C=O) groups excluding carboxylic acids is 1. The van der Waals surface area contributed by atoms with E-state index in [1.807, 2.05) is 66.9 Å². The van der Waals surface area contributed by atoms with Crippen molar-refractivity contribution < 1.29 is 9.53 Å². The highest BCUT2D eigenvalue weighted by Crippen LogP contribution is 2.26. The van der Waals surface area contributed by atoms with Gasteiger partial charge in [0, 0.05) is 18.8 Å². The Morgan fingerprint density at radius 1 is 1.03 bits per heavy atom. The van der Waals surface area contributed by atoms with Gasteiger partial charge in [-0.05, 0) is 47.9 Å². The normalized spacial score (nSPS) is 16.0. The highest BCUT2D eigenvalue weighted by atomic mass is 16.5. The summed E-state index contributed by atoms with van der Waals surface area (Å²) >= 11 is 0. The first-order chi connectivity index (χ1) is 16.1. The summed E-state index contributed by atoms with van der Waals surface area (Å²) in [5.41, 5.74) is 5.63. The number of nitrogens with one attached hydrogen (secondary N) is 1. The largest absolute Gasteiger partial charge is 0.375 e. The quantitative estimate of drug-likeness (QED) is 0.489. The molecule has 0 bridgehead atoms. The molecule has 1 N–H and O–H groups in total. The minimum Gasteiger partial charge on any atom is -0.375 e. The predicted molar refractivity (Wildman–Crippen MR) is 131 cm³/mol. The van der Waals surface area contributed by atoms with Crippen molar-refractivity contribution in [2.75, 3.05) is 29.9 Å². The Labute approximate surface area is 193 Å². The molecule has 1 aromatic heterocycles. The van der Waals surface area contributed by atoms with Crippen LogP contribution in [-0.2, 0) is 16.0 Å². The van der Waals surface area contributed by atoms with Crippen LogP contribution in [-0.4, -0.2) is 41.7 Å². The van der Waals surface area contributed by atoms with E-state index in [1.54, 1.807) is 0 Å². The number of fused-ring (bicyclic) bond motifs is 1. The lowest BCUT2D eigenvalue weighted by Crippen LogP contribution is -2.41. The van der Waals surface area contributed by atoms with Crippen molar-refractivity contribution in [2.24, 2.45) is 0 Å². The lowest BCUT2D eigenvalue weighted by atomic mass is 10.0. The van der Waals surface area contributed by atoms with Gasteiger partial charge in [-0.3, -0.25) is 9.78 Å². The number of aromatic nitrogens is 2. The third-order valence-corrected chi connectivity index (χ3v) is 5.80. The van der Waals surface area contributed by atoms with Gasteiger partial charge in [0.25, 0.3) is 0 Å². The van der Waals surface area contributed by atoms with E-state index in [0.29, 0.717) is 13.0 Å². The Morgan fingerprint density at radius 2 is 1.82 bits per heavy atom. The smallest absolute Gasteiger partial charge is 0.228 e. The average molecular weight is 439 g/mol. The van der Waals surface area contributed by atoms with Crippen molar-refractivity contribution >= 4 is 28.4 Å². The molecular formula is C27H26N4O2. The molecule has 2 heterocycles. The maximum atomic E-state index is 12.3. The van der Waals surface area contributed by atoms with Crippen LogP contribution in [0, 0.1) is 0 Å². The Bertz CT molecular complexity index is 1260. The molecule has 166 valence electrons. The zero-order valence-corrected chi connectivity index (χ0v) is 18.6. The molecule has 1 aliphatic rings. The molecule has 0 spiro atoms. The van der Waals surface area contributed by atoms with E-state index < -0.39 is 0 Å². The maximum Gasteiger partial charge on any atom is 0.228 e. The Balaban J connectivity index is 1.31. The van der Waals surface area contributed by atoms with E-state index >= 15 is 0 Å². The number of benzene rings is 3. The molecule has 33 heavy (non-hydrogen) atoms. The van der Waals surface area contributed by atoms with Gasteiger partial charge in [0.1, 0.15) is 5.82 Å². The summed E-state index contributed by atoms with van der Waals surface area (Å²) in [6, 6.07) is 23.7. The number of nitrogens with zero attached hydrogens (tertiary/aromatic N) is 3. The van der Waals surface area contributed by atoms with Gasteiger partial charge in [0.2, 0.25) is 5.91 Å². The van der Waals surface area contributed by atoms with Gasteiger partial charge in [-0.15, -0.1) is 0 Å². The van der Waals surface area contributed by atoms with Gasteiger partial charge < -0.3 is 15.0 Å². The molecule has 5 rings (SSSR count). The fraction of sp³-hybridized carbons (Fsp3) is 0.222. The summed E-state index contributed by atoms with van der Waals surface area (Å²) in [6.07, 6.45) is 2.39. The van der Waals surface area contributed by atoms with Crippen molar-refractivity contribution in [3.63, 3.8) is 0 Å². The van der Waals surface area contributed by atoms with E-state index in [-0.39, 0.29) is 12.0 Å². The molecule has 1 aliphatic heterocycles. The number of rotatable bonds is 5. The van der Waals surface area contributed by atoms with Crippen molar-refractivity contribution in [1.29, 1.82) is 0 Å². The summed E-state index contributed by atoms with van der Waals surface area (Å²) in [7, 11) is 0. The highest BCUT2D eigenvalue weighted by Gasteiger charge is 2.18. The van der Waals surface area contributed by atoms with Crippen LogP contribution < -0.4 is 10.2 Å². The van der Waals surface area contributed by atoms with E-state index in [1.165, 1.54) is 0 Å². The maximum absolute atomic E-state index is 12.3. The zero-order chi connectivity index (χ0) is 22.6. The predicted octanol–water partition coefficient (Wildman–Crippen LogP) is 4.70. The lowest BCUT2D eigenvalue weighted by Gasteiger charge is -2.31. The van der Waals surface area contributed by atoms with Gasteiger partial charge in [0.15, 0.2) is 0 Å². The minimum absolute atomic E-state index is 0.0279. The third-order valence-electron chi connectivity index (χ3n) is 5.80. The second kappa shape index (κ2) is 9.38. The van der Waals surface area contributed by atoms with Crippen molar-refractivity contribution in [2.45, 2.75) is 19.4 Å². The number of amides is 1. The van der Waals surface area contributed by atoms with Crippen molar-refractivity contribution in [3.05, 3.63) is 84.6 Å². The van der Waals surface area contributed by atoms with Crippen molar-refractivity contribution in [1.82, 2.24) is 9.97 Å². The Kier molecular flexibility index (Phi) is 6.00. The number of anilines is 2. The van der Waals surface area contributed by atoms with E-state index in [2.05, 4.69) is 34.3 Å². The second-order valence-corrected chi connectivity index (χ2v) is 8.35. The molecule has 0 aliphatic carbocycles. The molecule has 3 aromatic carbocycles. The van der Waals surface area contributed by atoms with Gasteiger partial charge in [-0.2, -0.15) is 0 Å². The van der Waals surface area contributed by atoms with Crippen molar-refractivity contribution in [3.8, 4) is 11.1 Å². The van der Waals surface area contributed by atoms with Gasteiger partial charge in [-0.25, -0.2) is 4.98 Å². The first-order valence-electron chi connectivity index (χ1n) is 11.2. The van der Waals surface area contributed by atoms with Gasteiger partial charge in [0.05, 0.1) is 36.4 Å². The molecule has 0 saturated carbocycles. The number of morpholine rings is 1. The number of hydrogen-bond donors (Lipinski definition) is 1. The summed E-state index contributed by atoms with van der Waals surface area (Å²) in [5, 5.41) is 2.97. The first-order valence-corrected chi connectivity index (χ1v) is 11.2. The average Bonchev–Trinajstić information content (AvgIpc) is 2.84. The summed E-state index contributed by atoms with van der Waals surface area (Å²) in [6.45, 7) is 4.42. The molecule has 1 unspecified atom stereocenters. The molecule has 0 radical (unpaired) electrons. The molecule has 6 heteroatoms. The number of hydrogen-bond acceptors (Lipinski definition) is 5. The Morgan fingerprint density at radius 3 is 2.61 bits per heavy atom. The van der Waals surface area contributed by atoms with Crippen LogP contribution in [0.3, 0.4) is 0 Å². The van der Waals surface area contributed by atoms with Crippen LogP contribution in [0.25, 0.3) is 22.2 Å². The molecule has 1 saturated heterocycles. The van der Waals surface area contributed by atoms with Gasteiger partial charge >= 0.3 is 0 Å². The van der Waals surface area contributed by atoms with Crippen LogP contribution in [0.5, 0.6) is 0 Å². The second-order valence-electron chi connectivity index (χ2n) is 8.35. The zero-order valence-electron chi connectivity index (χ0n) is 18.6. The molecule has 4 aromatic rings. The molecule has 6 nitrogen and oxygen atoms in total. The van der Waals surface area contributed by atoms with E-state index in [0.717, 1.165) is 52.3 Å². The fourth-order valence-electron chi connectivity index (χ4n) is 4.09. The van der Waals surface area contributed by atoms with E-state index in [4.69, 9.17) is 9.72 Å². The number of ether oxygens (including phenoxy) is 1. The monoisotopic (exact) mass is 438 g/mol. The van der Waals surface area contributed by atoms with Crippen LogP contribution in [0.15, 0.2) is 79.0 Å². The lowest BCUT2D eigenvalue weighted by molar-refractivity contribution is -0.115. The summed E-state index contributed by atoms with van der Waals surface area (Å²) < 4.78 is 5.64. The van der Waals surface area contributed by atoms with Gasteiger partial charge in [-0.1, -0.05) is 48.5 Å². The highest BCUT2D eigenvalue weighted by molar-refractivity contribution is 5.92. The molecule has 1 atom stereocenters. The van der Waals surface area contributed by atoms with Crippen LogP contribution in [0.1, 0.15) is 12.5 Å². The third kappa shape index (κ3) is 5.02.